The van der Waals surface area contributed by atoms with E-state index in [1.54, 1.807) is 42.5 Å². The summed E-state index contributed by atoms with van der Waals surface area (Å²) >= 11 is 0. The first-order chi connectivity index (χ1) is 10.6. The molecule has 0 aliphatic carbocycles. The molecular weight excluding hydrogens is 292 g/mol. The summed E-state index contributed by atoms with van der Waals surface area (Å²) in [7, 11) is 0. The summed E-state index contributed by atoms with van der Waals surface area (Å²) in [6, 6.07) is 16.3. The molecule has 0 unspecified atom stereocenters. The van der Waals surface area contributed by atoms with Gasteiger partial charge in [-0.3, -0.25) is 0 Å². The van der Waals surface area contributed by atoms with Crippen molar-refractivity contribution in [3.8, 4) is 22.3 Å². The number of rotatable bonds is 2. The van der Waals surface area contributed by atoms with Crippen LogP contribution in [-0.2, 0) is 0 Å². The van der Waals surface area contributed by atoms with Gasteiger partial charge in [-0.25, -0.2) is 17.6 Å². The van der Waals surface area contributed by atoms with Crippen molar-refractivity contribution in [2.24, 2.45) is 0 Å². The van der Waals surface area contributed by atoms with Crippen LogP contribution in [0, 0.1) is 23.3 Å². The van der Waals surface area contributed by atoms with E-state index >= 15 is 0 Å². The fourth-order valence-electron chi connectivity index (χ4n) is 2.36. The van der Waals surface area contributed by atoms with E-state index < -0.39 is 23.3 Å². The molecule has 22 heavy (non-hydrogen) atoms. The van der Waals surface area contributed by atoms with Gasteiger partial charge in [0.05, 0.1) is 0 Å². The Labute approximate surface area is 124 Å². The Morgan fingerprint density at radius 1 is 0.500 bits per heavy atom. The van der Waals surface area contributed by atoms with Crippen molar-refractivity contribution in [3.05, 3.63) is 83.9 Å². The predicted octanol–water partition coefficient (Wildman–Crippen LogP) is 5.58. The van der Waals surface area contributed by atoms with Crippen LogP contribution in [0.4, 0.5) is 17.6 Å². The van der Waals surface area contributed by atoms with Gasteiger partial charge in [-0.15, -0.1) is 0 Å². The second kappa shape index (κ2) is 5.64. The summed E-state index contributed by atoms with van der Waals surface area (Å²) in [5, 5.41) is 0. The third-order valence-electron chi connectivity index (χ3n) is 3.40. The van der Waals surface area contributed by atoms with Gasteiger partial charge in [0.15, 0.2) is 23.3 Å². The number of halogens is 4. The highest BCUT2D eigenvalue weighted by Gasteiger charge is 2.21. The first kappa shape index (κ1) is 14.3. The molecule has 0 spiro atoms. The van der Waals surface area contributed by atoms with Gasteiger partial charge in [0.2, 0.25) is 0 Å². The molecule has 0 aliphatic rings. The van der Waals surface area contributed by atoms with Crippen LogP contribution < -0.4 is 0 Å². The van der Waals surface area contributed by atoms with Crippen molar-refractivity contribution in [2.45, 2.75) is 0 Å². The van der Waals surface area contributed by atoms with Crippen LogP contribution >= 0.6 is 0 Å². The molecule has 0 heterocycles. The van der Waals surface area contributed by atoms with Gasteiger partial charge in [0, 0.05) is 5.56 Å². The van der Waals surface area contributed by atoms with Crippen LogP contribution in [-0.4, -0.2) is 0 Å². The quantitative estimate of drug-likeness (QED) is 0.329. The highest BCUT2D eigenvalue weighted by atomic mass is 19.2. The Bertz CT molecular complexity index is 826. The lowest BCUT2D eigenvalue weighted by Gasteiger charge is -2.12. The van der Waals surface area contributed by atoms with Crippen LogP contribution in [0.25, 0.3) is 22.3 Å². The van der Waals surface area contributed by atoms with Gasteiger partial charge in [0.25, 0.3) is 0 Å². The molecule has 0 N–H and O–H groups in total. The van der Waals surface area contributed by atoms with Crippen molar-refractivity contribution in [1.29, 1.82) is 0 Å². The van der Waals surface area contributed by atoms with E-state index in [0.29, 0.717) is 17.2 Å². The molecule has 0 amide bonds. The van der Waals surface area contributed by atoms with Crippen LogP contribution in [0.2, 0.25) is 0 Å². The summed E-state index contributed by atoms with van der Waals surface area (Å²) in [5.41, 5.74) is 1.36. The molecular formula is C18H10F4. The van der Waals surface area contributed by atoms with Gasteiger partial charge in [0.1, 0.15) is 0 Å². The molecule has 0 saturated heterocycles. The molecule has 0 nitrogen and oxygen atoms in total. The van der Waals surface area contributed by atoms with Crippen LogP contribution in [0.3, 0.4) is 0 Å². The standard InChI is InChI=1S/C18H10F4/c19-15-10-14(16(20)18(22)17(15)21)13-9-5-4-8-12(13)11-6-2-1-3-7-11/h1-10H. The van der Waals surface area contributed by atoms with Crippen LogP contribution in [0.1, 0.15) is 0 Å². The van der Waals surface area contributed by atoms with E-state index in [9.17, 15) is 17.6 Å². The fourth-order valence-corrected chi connectivity index (χ4v) is 2.36. The highest BCUT2D eigenvalue weighted by molar-refractivity contribution is 5.83. The van der Waals surface area contributed by atoms with Crippen molar-refractivity contribution in [3.63, 3.8) is 0 Å². The summed E-state index contributed by atoms with van der Waals surface area (Å²) in [6.45, 7) is 0. The molecule has 0 saturated carbocycles. The minimum Gasteiger partial charge on any atom is -0.204 e. The zero-order valence-corrected chi connectivity index (χ0v) is 11.3. The average molecular weight is 302 g/mol. The fraction of sp³-hybridized carbons (Fsp3) is 0. The molecule has 4 heteroatoms. The summed E-state index contributed by atoms with van der Waals surface area (Å²) in [5.74, 6) is -6.43. The maximum Gasteiger partial charge on any atom is 0.198 e. The summed E-state index contributed by atoms with van der Waals surface area (Å²) in [4.78, 5) is 0. The Balaban J connectivity index is 2.27. The predicted molar refractivity (Wildman–Crippen MR) is 77.1 cm³/mol. The van der Waals surface area contributed by atoms with Crippen LogP contribution in [0.15, 0.2) is 60.7 Å². The van der Waals surface area contributed by atoms with E-state index in [-0.39, 0.29) is 5.56 Å². The monoisotopic (exact) mass is 302 g/mol. The Hall–Kier alpha value is -2.62. The minimum atomic E-state index is -1.81. The van der Waals surface area contributed by atoms with Gasteiger partial charge < -0.3 is 0 Å². The van der Waals surface area contributed by atoms with Gasteiger partial charge in [-0.2, -0.15) is 0 Å². The normalized spacial score (nSPS) is 10.7. The summed E-state index contributed by atoms with van der Waals surface area (Å²) in [6.07, 6.45) is 0. The van der Waals surface area contributed by atoms with E-state index in [1.165, 1.54) is 6.07 Å². The minimum absolute atomic E-state index is 0.295. The molecule has 0 aliphatic heterocycles. The van der Waals surface area contributed by atoms with Crippen LogP contribution in [0.5, 0.6) is 0 Å². The maximum absolute atomic E-state index is 14.0. The molecule has 0 radical (unpaired) electrons. The molecule has 0 bridgehead atoms. The van der Waals surface area contributed by atoms with Crippen molar-refractivity contribution < 1.29 is 17.6 Å². The molecule has 0 aromatic heterocycles. The number of benzene rings is 3. The van der Waals surface area contributed by atoms with Crippen molar-refractivity contribution in [1.82, 2.24) is 0 Å². The highest BCUT2D eigenvalue weighted by Crippen LogP contribution is 2.35. The topological polar surface area (TPSA) is 0 Å². The number of hydrogen-bond acceptors (Lipinski definition) is 0. The largest absolute Gasteiger partial charge is 0.204 e. The third kappa shape index (κ3) is 2.37. The van der Waals surface area contributed by atoms with Crippen molar-refractivity contribution >= 4 is 0 Å². The van der Waals surface area contributed by atoms with Gasteiger partial charge >= 0.3 is 0 Å². The number of hydrogen-bond donors (Lipinski definition) is 0. The van der Waals surface area contributed by atoms with Crippen molar-refractivity contribution in [2.75, 3.05) is 0 Å². The maximum atomic E-state index is 14.0. The molecule has 3 aromatic rings. The lowest BCUT2D eigenvalue weighted by molar-refractivity contribution is 0.411. The van der Waals surface area contributed by atoms with E-state index in [1.807, 2.05) is 6.07 Å². The van der Waals surface area contributed by atoms with E-state index in [4.69, 9.17) is 0 Å². The molecule has 3 aromatic carbocycles. The molecule has 0 atom stereocenters. The third-order valence-corrected chi connectivity index (χ3v) is 3.40. The smallest absolute Gasteiger partial charge is 0.198 e. The lowest BCUT2D eigenvalue weighted by Crippen LogP contribution is -1.99. The first-order valence-corrected chi connectivity index (χ1v) is 6.57. The zero-order chi connectivity index (χ0) is 15.7. The zero-order valence-electron chi connectivity index (χ0n) is 11.3. The first-order valence-electron chi connectivity index (χ1n) is 6.57. The van der Waals surface area contributed by atoms with E-state index in [2.05, 4.69) is 0 Å². The summed E-state index contributed by atoms with van der Waals surface area (Å²) < 4.78 is 54.1. The molecule has 110 valence electrons. The molecule has 3 rings (SSSR count). The van der Waals surface area contributed by atoms with Gasteiger partial charge in [-0.05, 0) is 22.8 Å². The average Bonchev–Trinajstić information content (AvgIpc) is 2.57. The second-order valence-electron chi connectivity index (χ2n) is 4.76. The van der Waals surface area contributed by atoms with Gasteiger partial charge in [-0.1, -0.05) is 54.6 Å². The molecule has 0 fully saturated rings. The Morgan fingerprint density at radius 3 is 1.77 bits per heavy atom. The Kier molecular flexibility index (Phi) is 3.67. The SMILES string of the molecule is Fc1cc(-c2ccccc2-c2ccccc2)c(F)c(F)c1F. The Morgan fingerprint density at radius 2 is 1.09 bits per heavy atom. The van der Waals surface area contributed by atoms with E-state index in [0.717, 1.165) is 5.56 Å². The second-order valence-corrected chi connectivity index (χ2v) is 4.76. The lowest BCUT2D eigenvalue weighted by atomic mass is 9.94.